The molecule has 70 valence electrons. The molecule has 1 aromatic rings. The van der Waals surface area contributed by atoms with Crippen LogP contribution in [0.15, 0.2) is 24.3 Å². The van der Waals surface area contributed by atoms with E-state index in [9.17, 15) is 0 Å². The number of hydrogen-bond donors (Lipinski definition) is 1. The predicted molar refractivity (Wildman–Crippen MR) is 60.7 cm³/mol. The third-order valence-corrected chi connectivity index (χ3v) is 3.18. The van der Waals surface area contributed by atoms with Gasteiger partial charge in [0.05, 0.1) is 19.3 Å². The molecule has 1 aliphatic rings. The molecule has 0 radical (unpaired) electrons. The number of rotatable bonds is 1. The number of benzene rings is 1. The maximum Gasteiger partial charge on any atom is 0.0662 e. The SMILES string of the molecule is Ic1ccccc1[C@@H]1COCCN1. The fourth-order valence-corrected chi connectivity index (χ4v) is 2.29. The largest absolute Gasteiger partial charge is 0.378 e. The van der Waals surface area contributed by atoms with Crippen LogP contribution in [0.25, 0.3) is 0 Å². The van der Waals surface area contributed by atoms with Crippen LogP contribution in [0.1, 0.15) is 11.6 Å². The second kappa shape index (κ2) is 4.39. The molecule has 1 atom stereocenters. The Morgan fingerprint density at radius 2 is 2.23 bits per heavy atom. The minimum absolute atomic E-state index is 0.377. The molecular formula is C10H12INO. The van der Waals surface area contributed by atoms with Gasteiger partial charge in [-0.1, -0.05) is 18.2 Å². The topological polar surface area (TPSA) is 21.3 Å². The minimum Gasteiger partial charge on any atom is -0.378 e. The van der Waals surface area contributed by atoms with E-state index in [4.69, 9.17) is 4.74 Å². The van der Waals surface area contributed by atoms with Gasteiger partial charge in [-0.2, -0.15) is 0 Å². The van der Waals surface area contributed by atoms with Crippen LogP contribution in [-0.4, -0.2) is 19.8 Å². The van der Waals surface area contributed by atoms with Gasteiger partial charge in [0.1, 0.15) is 0 Å². The van der Waals surface area contributed by atoms with Crippen molar-refractivity contribution in [2.24, 2.45) is 0 Å². The lowest BCUT2D eigenvalue weighted by atomic mass is 10.1. The minimum atomic E-state index is 0.377. The van der Waals surface area contributed by atoms with Crippen molar-refractivity contribution in [3.05, 3.63) is 33.4 Å². The summed E-state index contributed by atoms with van der Waals surface area (Å²) >= 11 is 2.37. The molecule has 0 spiro atoms. The fourth-order valence-electron chi connectivity index (χ4n) is 1.52. The standard InChI is InChI=1S/C10H12INO/c11-9-4-2-1-3-8(9)10-7-13-6-5-12-10/h1-4,10,12H,5-7H2/t10-/m0/s1. The summed E-state index contributed by atoms with van der Waals surface area (Å²) in [4.78, 5) is 0. The van der Waals surface area contributed by atoms with E-state index in [0.29, 0.717) is 6.04 Å². The van der Waals surface area contributed by atoms with E-state index in [0.717, 1.165) is 19.8 Å². The summed E-state index contributed by atoms with van der Waals surface area (Å²) in [5.41, 5.74) is 1.35. The van der Waals surface area contributed by atoms with Crippen LogP contribution >= 0.6 is 22.6 Å². The quantitative estimate of drug-likeness (QED) is 0.798. The number of hydrogen-bond acceptors (Lipinski definition) is 2. The summed E-state index contributed by atoms with van der Waals surface area (Å²) in [6, 6.07) is 8.81. The van der Waals surface area contributed by atoms with Crippen molar-refractivity contribution < 1.29 is 4.74 Å². The Balaban J connectivity index is 2.18. The molecule has 13 heavy (non-hydrogen) atoms. The molecule has 0 aliphatic carbocycles. The molecule has 2 rings (SSSR count). The van der Waals surface area contributed by atoms with Crippen molar-refractivity contribution in [2.75, 3.05) is 19.8 Å². The third-order valence-electron chi connectivity index (χ3n) is 2.20. The Bertz CT molecular complexity index is 284. The monoisotopic (exact) mass is 289 g/mol. The molecule has 1 saturated heterocycles. The second-order valence-corrected chi connectivity index (χ2v) is 4.27. The molecule has 1 N–H and O–H groups in total. The van der Waals surface area contributed by atoms with Crippen LogP contribution in [0.2, 0.25) is 0 Å². The number of halogens is 1. The molecule has 2 nitrogen and oxygen atoms in total. The first kappa shape index (κ1) is 9.43. The first-order valence-electron chi connectivity index (χ1n) is 4.43. The highest BCUT2D eigenvalue weighted by molar-refractivity contribution is 14.1. The maximum atomic E-state index is 5.43. The highest BCUT2D eigenvalue weighted by Crippen LogP contribution is 2.21. The fraction of sp³-hybridized carbons (Fsp3) is 0.400. The van der Waals surface area contributed by atoms with Crippen LogP contribution in [0.4, 0.5) is 0 Å². The number of morpholine rings is 1. The van der Waals surface area contributed by atoms with Crippen molar-refractivity contribution in [3.8, 4) is 0 Å². The first-order chi connectivity index (χ1) is 6.38. The van der Waals surface area contributed by atoms with E-state index in [1.165, 1.54) is 9.13 Å². The van der Waals surface area contributed by atoms with Crippen LogP contribution in [-0.2, 0) is 4.74 Å². The van der Waals surface area contributed by atoms with Gasteiger partial charge >= 0.3 is 0 Å². The summed E-state index contributed by atoms with van der Waals surface area (Å²) < 4.78 is 6.73. The molecule has 1 aromatic carbocycles. The summed E-state index contributed by atoms with van der Waals surface area (Å²) in [5, 5.41) is 3.45. The summed E-state index contributed by atoms with van der Waals surface area (Å²) in [5.74, 6) is 0. The van der Waals surface area contributed by atoms with E-state index < -0.39 is 0 Å². The van der Waals surface area contributed by atoms with Crippen LogP contribution in [0.5, 0.6) is 0 Å². The van der Waals surface area contributed by atoms with Gasteiger partial charge in [0.25, 0.3) is 0 Å². The van der Waals surface area contributed by atoms with Crippen molar-refractivity contribution in [2.45, 2.75) is 6.04 Å². The van der Waals surface area contributed by atoms with Crippen LogP contribution in [0.3, 0.4) is 0 Å². The zero-order valence-electron chi connectivity index (χ0n) is 7.29. The van der Waals surface area contributed by atoms with E-state index >= 15 is 0 Å². The summed E-state index contributed by atoms with van der Waals surface area (Å²) in [6.07, 6.45) is 0. The first-order valence-corrected chi connectivity index (χ1v) is 5.51. The lowest BCUT2D eigenvalue weighted by Gasteiger charge is -2.24. The van der Waals surface area contributed by atoms with Gasteiger partial charge in [-0.3, -0.25) is 0 Å². The molecule has 0 bridgehead atoms. The van der Waals surface area contributed by atoms with Crippen molar-refractivity contribution in [1.82, 2.24) is 5.32 Å². The normalized spacial score (nSPS) is 23.0. The van der Waals surface area contributed by atoms with Crippen molar-refractivity contribution in [1.29, 1.82) is 0 Å². The van der Waals surface area contributed by atoms with Crippen molar-refractivity contribution >= 4 is 22.6 Å². The highest BCUT2D eigenvalue weighted by Gasteiger charge is 2.16. The Labute approximate surface area is 91.8 Å². The van der Waals surface area contributed by atoms with Gasteiger partial charge in [0.15, 0.2) is 0 Å². The van der Waals surface area contributed by atoms with Crippen molar-refractivity contribution in [3.63, 3.8) is 0 Å². The Morgan fingerprint density at radius 3 is 2.92 bits per heavy atom. The molecule has 0 aromatic heterocycles. The molecule has 1 heterocycles. The molecule has 1 fully saturated rings. The highest BCUT2D eigenvalue weighted by atomic mass is 127. The Kier molecular flexibility index (Phi) is 3.18. The summed E-state index contributed by atoms with van der Waals surface area (Å²) in [6.45, 7) is 2.58. The molecule has 0 saturated carbocycles. The third kappa shape index (κ3) is 2.21. The molecule has 1 aliphatic heterocycles. The second-order valence-electron chi connectivity index (χ2n) is 3.10. The molecular weight excluding hydrogens is 277 g/mol. The van der Waals surface area contributed by atoms with Crippen LogP contribution in [0, 0.1) is 3.57 Å². The smallest absolute Gasteiger partial charge is 0.0662 e. The molecule has 0 unspecified atom stereocenters. The number of nitrogens with one attached hydrogen (secondary N) is 1. The van der Waals surface area contributed by atoms with E-state index in [1.807, 2.05) is 0 Å². The van der Waals surface area contributed by atoms with E-state index in [2.05, 4.69) is 52.2 Å². The van der Waals surface area contributed by atoms with Gasteiger partial charge in [-0.25, -0.2) is 0 Å². The van der Waals surface area contributed by atoms with Gasteiger partial charge in [-0.15, -0.1) is 0 Å². The predicted octanol–water partition coefficient (Wildman–Crippen LogP) is 1.95. The maximum absolute atomic E-state index is 5.43. The molecule has 3 heteroatoms. The average Bonchev–Trinajstić information content (AvgIpc) is 2.20. The van der Waals surface area contributed by atoms with Gasteiger partial charge in [0, 0.05) is 10.1 Å². The lowest BCUT2D eigenvalue weighted by Crippen LogP contribution is -2.34. The molecule has 0 amide bonds. The zero-order chi connectivity index (χ0) is 9.10. The van der Waals surface area contributed by atoms with Gasteiger partial charge < -0.3 is 10.1 Å². The van der Waals surface area contributed by atoms with E-state index in [1.54, 1.807) is 0 Å². The Hall–Kier alpha value is -0.130. The number of ether oxygens (including phenoxy) is 1. The van der Waals surface area contributed by atoms with E-state index in [-0.39, 0.29) is 0 Å². The van der Waals surface area contributed by atoms with Crippen LogP contribution < -0.4 is 5.32 Å². The average molecular weight is 289 g/mol. The zero-order valence-corrected chi connectivity index (χ0v) is 9.45. The van der Waals surface area contributed by atoms with Gasteiger partial charge in [-0.05, 0) is 34.2 Å². The Morgan fingerprint density at radius 1 is 1.38 bits per heavy atom. The van der Waals surface area contributed by atoms with Gasteiger partial charge in [0.2, 0.25) is 0 Å². The lowest BCUT2D eigenvalue weighted by molar-refractivity contribution is 0.0766. The summed E-state index contributed by atoms with van der Waals surface area (Å²) in [7, 11) is 0.